The van der Waals surface area contributed by atoms with Crippen LogP contribution in [0.4, 0.5) is 11.4 Å². The molecule has 0 amide bonds. The van der Waals surface area contributed by atoms with Crippen LogP contribution in [0.15, 0.2) is 12.1 Å². The number of carboxylic acid groups (broad SMARTS) is 1. The van der Waals surface area contributed by atoms with Crippen LogP contribution in [0.5, 0.6) is 0 Å². The molecule has 0 saturated carbocycles. The first kappa shape index (κ1) is 10.4. The Labute approximate surface area is 82.9 Å². The van der Waals surface area contributed by atoms with Crippen molar-refractivity contribution in [1.82, 2.24) is 0 Å². The van der Waals surface area contributed by atoms with Gasteiger partial charge in [0.15, 0.2) is 0 Å². The molecule has 0 aliphatic heterocycles. The summed E-state index contributed by atoms with van der Waals surface area (Å²) in [5.41, 5.74) is 7.78. The number of nitrogen functional groups attached to an aromatic ring is 1. The summed E-state index contributed by atoms with van der Waals surface area (Å²) in [7, 11) is 3.72. The first-order valence-corrected chi connectivity index (χ1v) is 4.24. The maximum atomic E-state index is 10.9. The van der Waals surface area contributed by atoms with E-state index in [1.807, 2.05) is 25.1 Å². The van der Waals surface area contributed by atoms with Gasteiger partial charge in [-0.2, -0.15) is 0 Å². The van der Waals surface area contributed by atoms with Gasteiger partial charge >= 0.3 is 5.97 Å². The van der Waals surface area contributed by atoms with Gasteiger partial charge in [0.05, 0.1) is 5.56 Å². The number of carboxylic acids is 1. The van der Waals surface area contributed by atoms with Crippen molar-refractivity contribution in [3.05, 3.63) is 23.3 Å². The summed E-state index contributed by atoms with van der Waals surface area (Å²) in [6.45, 7) is 1.80. The quantitative estimate of drug-likeness (QED) is 0.697. The Kier molecular flexibility index (Phi) is 2.65. The molecule has 4 nitrogen and oxygen atoms in total. The molecule has 1 aromatic carbocycles. The van der Waals surface area contributed by atoms with Gasteiger partial charge in [-0.3, -0.25) is 0 Å². The van der Waals surface area contributed by atoms with Gasteiger partial charge in [-0.25, -0.2) is 4.79 Å². The second kappa shape index (κ2) is 3.57. The van der Waals surface area contributed by atoms with Crippen LogP contribution in [0.25, 0.3) is 0 Å². The summed E-state index contributed by atoms with van der Waals surface area (Å²) in [5.74, 6) is -0.991. The van der Waals surface area contributed by atoms with Gasteiger partial charge in [0.2, 0.25) is 0 Å². The number of hydrogen-bond donors (Lipinski definition) is 2. The third-order valence-electron chi connectivity index (χ3n) is 2.12. The van der Waals surface area contributed by atoms with Crippen molar-refractivity contribution < 1.29 is 9.90 Å². The number of benzene rings is 1. The molecule has 0 unspecified atom stereocenters. The highest BCUT2D eigenvalue weighted by atomic mass is 16.4. The zero-order valence-corrected chi connectivity index (χ0v) is 8.53. The molecule has 14 heavy (non-hydrogen) atoms. The molecule has 1 rings (SSSR count). The van der Waals surface area contributed by atoms with Gasteiger partial charge < -0.3 is 15.7 Å². The predicted molar refractivity (Wildman–Crippen MR) is 56.9 cm³/mol. The minimum absolute atomic E-state index is 0.161. The third-order valence-corrected chi connectivity index (χ3v) is 2.12. The lowest BCUT2D eigenvalue weighted by Gasteiger charge is -2.15. The molecule has 0 fully saturated rings. The second-order valence-corrected chi connectivity index (χ2v) is 3.42. The Balaban J connectivity index is 3.35. The topological polar surface area (TPSA) is 66.6 Å². The van der Waals surface area contributed by atoms with Crippen molar-refractivity contribution in [3.63, 3.8) is 0 Å². The molecule has 0 spiro atoms. The van der Waals surface area contributed by atoms with Crippen molar-refractivity contribution in [2.75, 3.05) is 24.7 Å². The van der Waals surface area contributed by atoms with Crippen LogP contribution in [-0.4, -0.2) is 25.2 Å². The lowest BCUT2D eigenvalue weighted by Crippen LogP contribution is -2.12. The molecule has 0 aromatic heterocycles. The van der Waals surface area contributed by atoms with Gasteiger partial charge in [0.25, 0.3) is 0 Å². The van der Waals surface area contributed by atoms with Crippen LogP contribution in [0, 0.1) is 6.92 Å². The van der Waals surface area contributed by atoms with Gasteiger partial charge in [-0.15, -0.1) is 0 Å². The fraction of sp³-hybridized carbons (Fsp3) is 0.300. The second-order valence-electron chi connectivity index (χ2n) is 3.42. The normalized spacial score (nSPS) is 9.93. The van der Waals surface area contributed by atoms with Crippen molar-refractivity contribution in [3.8, 4) is 0 Å². The molecule has 0 saturated heterocycles. The Morgan fingerprint density at radius 1 is 1.43 bits per heavy atom. The van der Waals surface area contributed by atoms with Crippen molar-refractivity contribution in [1.29, 1.82) is 0 Å². The number of aryl methyl sites for hydroxylation is 1. The number of carbonyl (C=O) groups is 1. The number of hydrogen-bond acceptors (Lipinski definition) is 3. The van der Waals surface area contributed by atoms with Gasteiger partial charge in [0.1, 0.15) is 0 Å². The lowest BCUT2D eigenvalue weighted by atomic mass is 10.1. The van der Waals surface area contributed by atoms with E-state index in [0.29, 0.717) is 5.69 Å². The van der Waals surface area contributed by atoms with E-state index in [1.165, 1.54) is 0 Å². The minimum atomic E-state index is -0.991. The molecule has 0 heterocycles. The fourth-order valence-electron chi connectivity index (χ4n) is 1.21. The first-order valence-electron chi connectivity index (χ1n) is 4.24. The molecular weight excluding hydrogens is 180 g/mol. The number of anilines is 2. The molecule has 0 bridgehead atoms. The van der Waals surface area contributed by atoms with E-state index in [9.17, 15) is 4.79 Å². The number of nitrogens with zero attached hydrogens (tertiary/aromatic N) is 1. The van der Waals surface area contributed by atoms with Crippen LogP contribution in [0.2, 0.25) is 0 Å². The summed E-state index contributed by atoms with van der Waals surface area (Å²) in [6.07, 6.45) is 0. The van der Waals surface area contributed by atoms with Crippen LogP contribution < -0.4 is 10.6 Å². The van der Waals surface area contributed by atoms with Crippen molar-refractivity contribution in [2.24, 2.45) is 0 Å². The van der Waals surface area contributed by atoms with Crippen LogP contribution in [0.1, 0.15) is 15.9 Å². The van der Waals surface area contributed by atoms with E-state index < -0.39 is 5.97 Å². The van der Waals surface area contributed by atoms with E-state index >= 15 is 0 Å². The van der Waals surface area contributed by atoms with E-state index in [1.54, 1.807) is 13.0 Å². The molecule has 4 heteroatoms. The van der Waals surface area contributed by atoms with Crippen molar-refractivity contribution >= 4 is 17.3 Å². The molecular formula is C10H14N2O2. The molecule has 0 aliphatic rings. The first-order chi connectivity index (χ1) is 6.43. The standard InChI is InChI=1S/C10H14N2O2/c1-6-4-7(12(2)3)5-8(9(6)11)10(13)14/h4-5H,11H2,1-3H3,(H,13,14). The monoisotopic (exact) mass is 194 g/mol. The van der Waals surface area contributed by atoms with Crippen molar-refractivity contribution in [2.45, 2.75) is 6.92 Å². The maximum Gasteiger partial charge on any atom is 0.337 e. The predicted octanol–water partition coefficient (Wildman–Crippen LogP) is 1.34. The van der Waals surface area contributed by atoms with Crippen LogP contribution >= 0.6 is 0 Å². The fourth-order valence-corrected chi connectivity index (χ4v) is 1.21. The molecule has 76 valence electrons. The zero-order valence-electron chi connectivity index (χ0n) is 8.53. The van der Waals surface area contributed by atoms with E-state index in [0.717, 1.165) is 11.3 Å². The third kappa shape index (κ3) is 1.79. The smallest absolute Gasteiger partial charge is 0.337 e. The van der Waals surface area contributed by atoms with E-state index in [2.05, 4.69) is 0 Å². The Bertz CT molecular complexity index is 373. The Morgan fingerprint density at radius 3 is 2.43 bits per heavy atom. The number of nitrogens with two attached hydrogens (primary N) is 1. The summed E-state index contributed by atoms with van der Waals surface area (Å²) >= 11 is 0. The van der Waals surface area contributed by atoms with E-state index in [4.69, 9.17) is 10.8 Å². The average Bonchev–Trinajstić information content (AvgIpc) is 2.08. The largest absolute Gasteiger partial charge is 0.478 e. The average molecular weight is 194 g/mol. The summed E-state index contributed by atoms with van der Waals surface area (Å²) in [4.78, 5) is 12.7. The Hall–Kier alpha value is -1.71. The summed E-state index contributed by atoms with van der Waals surface area (Å²) in [6, 6.07) is 3.44. The van der Waals surface area contributed by atoms with Gasteiger partial charge in [-0.1, -0.05) is 0 Å². The molecule has 0 atom stereocenters. The highest BCUT2D eigenvalue weighted by Gasteiger charge is 2.12. The van der Waals surface area contributed by atoms with Crippen LogP contribution in [-0.2, 0) is 0 Å². The maximum absolute atomic E-state index is 10.9. The summed E-state index contributed by atoms with van der Waals surface area (Å²) in [5, 5.41) is 8.90. The Morgan fingerprint density at radius 2 is 2.00 bits per heavy atom. The van der Waals surface area contributed by atoms with Gasteiger partial charge in [0, 0.05) is 25.5 Å². The number of aromatic carboxylic acids is 1. The van der Waals surface area contributed by atoms with Gasteiger partial charge in [-0.05, 0) is 24.6 Å². The molecule has 1 aromatic rings. The van der Waals surface area contributed by atoms with E-state index in [-0.39, 0.29) is 5.56 Å². The highest BCUT2D eigenvalue weighted by Crippen LogP contribution is 2.24. The molecule has 0 aliphatic carbocycles. The minimum Gasteiger partial charge on any atom is -0.478 e. The van der Waals surface area contributed by atoms with Crippen LogP contribution in [0.3, 0.4) is 0 Å². The highest BCUT2D eigenvalue weighted by molar-refractivity contribution is 5.95. The number of rotatable bonds is 2. The summed E-state index contributed by atoms with van der Waals surface area (Å²) < 4.78 is 0. The SMILES string of the molecule is Cc1cc(N(C)C)cc(C(=O)O)c1N. The lowest BCUT2D eigenvalue weighted by molar-refractivity contribution is 0.0698. The molecule has 0 radical (unpaired) electrons. The molecule has 3 N–H and O–H groups in total. The zero-order chi connectivity index (χ0) is 10.9.